The van der Waals surface area contributed by atoms with E-state index in [-0.39, 0.29) is 18.2 Å². The van der Waals surface area contributed by atoms with E-state index in [1.54, 1.807) is 4.90 Å². The Morgan fingerprint density at radius 2 is 1.91 bits per heavy atom. The highest BCUT2D eigenvalue weighted by molar-refractivity contribution is 6.05. The zero-order valence-corrected chi connectivity index (χ0v) is 18.9. The molecule has 3 amide bonds. The number of aryl methyl sites for hydroxylation is 1. The Kier molecular flexibility index (Phi) is 5.11. The van der Waals surface area contributed by atoms with E-state index in [0.717, 1.165) is 34.5 Å². The van der Waals surface area contributed by atoms with Crippen LogP contribution in [0.15, 0.2) is 36.8 Å². The summed E-state index contributed by atoms with van der Waals surface area (Å²) in [5, 5.41) is 11.3. The molecule has 9 heteroatoms. The van der Waals surface area contributed by atoms with Crippen LogP contribution in [0.4, 0.5) is 0 Å². The Hall–Kier alpha value is -3.75. The molecule has 1 fully saturated rings. The van der Waals surface area contributed by atoms with E-state index in [1.807, 2.05) is 53.2 Å². The van der Waals surface area contributed by atoms with Crippen molar-refractivity contribution in [3.05, 3.63) is 47.9 Å². The second-order valence-corrected chi connectivity index (χ2v) is 9.15. The van der Waals surface area contributed by atoms with Gasteiger partial charge in [0.05, 0.1) is 18.1 Å². The van der Waals surface area contributed by atoms with Crippen molar-refractivity contribution in [1.29, 1.82) is 0 Å². The van der Waals surface area contributed by atoms with Crippen molar-refractivity contribution in [2.24, 2.45) is 13.0 Å². The van der Waals surface area contributed by atoms with Gasteiger partial charge in [0.1, 0.15) is 6.04 Å². The van der Waals surface area contributed by atoms with Crippen LogP contribution in [-0.2, 0) is 29.7 Å². The van der Waals surface area contributed by atoms with E-state index in [1.165, 1.54) is 0 Å². The summed E-state index contributed by atoms with van der Waals surface area (Å²) in [6, 6.07) is 5.12. The van der Waals surface area contributed by atoms with Gasteiger partial charge in [-0.25, -0.2) is 0 Å². The molecule has 33 heavy (non-hydrogen) atoms. The van der Waals surface area contributed by atoms with Crippen LogP contribution in [0.25, 0.3) is 22.4 Å². The van der Waals surface area contributed by atoms with Gasteiger partial charge in [0.25, 0.3) is 5.91 Å². The monoisotopic (exact) mass is 446 g/mol. The maximum absolute atomic E-state index is 13.0. The molecule has 4 heterocycles. The van der Waals surface area contributed by atoms with Crippen LogP contribution in [0.3, 0.4) is 0 Å². The Bertz CT molecular complexity index is 1270. The third-order valence-electron chi connectivity index (χ3n) is 6.23. The number of rotatable bonds is 5. The summed E-state index contributed by atoms with van der Waals surface area (Å²) in [5.41, 5.74) is 5.30. The van der Waals surface area contributed by atoms with Crippen molar-refractivity contribution >= 4 is 17.7 Å². The Balaban J connectivity index is 1.45. The summed E-state index contributed by atoms with van der Waals surface area (Å²) in [6.07, 6.45) is 6.30. The molecule has 1 saturated heterocycles. The van der Waals surface area contributed by atoms with Crippen LogP contribution >= 0.6 is 0 Å². The normalized spacial score (nSPS) is 18.2. The lowest BCUT2D eigenvalue weighted by molar-refractivity contribution is -0.136. The molecule has 0 radical (unpaired) electrons. The number of imide groups is 1. The summed E-state index contributed by atoms with van der Waals surface area (Å²) in [6.45, 7) is 5.49. The zero-order valence-electron chi connectivity index (χ0n) is 18.9. The lowest BCUT2D eigenvalue weighted by Gasteiger charge is -2.29. The first kappa shape index (κ1) is 21.1. The van der Waals surface area contributed by atoms with Crippen molar-refractivity contribution in [2.45, 2.75) is 45.8 Å². The molecule has 0 aliphatic carbocycles. The highest BCUT2D eigenvalue weighted by Gasteiger charge is 2.39. The number of hydrogen-bond acceptors (Lipinski definition) is 5. The minimum absolute atomic E-state index is 0.174. The molecule has 2 aliphatic rings. The molecule has 170 valence electrons. The molecule has 2 aromatic heterocycles. The van der Waals surface area contributed by atoms with Gasteiger partial charge >= 0.3 is 0 Å². The van der Waals surface area contributed by atoms with Crippen molar-refractivity contribution in [1.82, 2.24) is 29.8 Å². The topological polar surface area (TPSA) is 102 Å². The second-order valence-electron chi connectivity index (χ2n) is 9.15. The average Bonchev–Trinajstić information content (AvgIpc) is 3.45. The molecule has 5 rings (SSSR count). The highest BCUT2D eigenvalue weighted by Crippen LogP contribution is 2.35. The number of nitrogens with one attached hydrogen (secondary N) is 1. The SMILES string of the molecule is CC(C)Cn1cc(-c2c(-c3ccc4c(c3)CN([C@H]3CCC(=O)NC3=O)C4=O)cnn2C)cn1. The Labute approximate surface area is 191 Å². The van der Waals surface area contributed by atoms with E-state index in [0.29, 0.717) is 24.4 Å². The van der Waals surface area contributed by atoms with Crippen LogP contribution in [0.5, 0.6) is 0 Å². The van der Waals surface area contributed by atoms with E-state index < -0.39 is 11.9 Å². The van der Waals surface area contributed by atoms with Crippen molar-refractivity contribution < 1.29 is 14.4 Å². The first-order valence-electron chi connectivity index (χ1n) is 11.1. The van der Waals surface area contributed by atoms with Gasteiger partial charge in [-0.1, -0.05) is 19.9 Å². The fraction of sp³-hybridized carbons (Fsp3) is 0.375. The van der Waals surface area contributed by atoms with Crippen LogP contribution < -0.4 is 5.32 Å². The molecule has 1 aromatic carbocycles. The standard InChI is InChI=1S/C24H26N6O3/c1-14(2)11-29-12-17(9-26-29)22-19(10-25-28(22)3)15-4-5-18-16(8-15)13-30(24(18)33)20-6-7-21(31)27-23(20)32/h4-5,8-10,12,14,20H,6-7,11,13H2,1-3H3,(H,27,31,32)/t20-/m0/s1. The Morgan fingerprint density at radius 3 is 2.67 bits per heavy atom. The van der Waals surface area contributed by atoms with Crippen molar-refractivity contribution in [3.8, 4) is 22.4 Å². The van der Waals surface area contributed by atoms with Gasteiger partial charge in [0.15, 0.2) is 0 Å². The third kappa shape index (κ3) is 3.73. The van der Waals surface area contributed by atoms with E-state index >= 15 is 0 Å². The number of carbonyl (C=O) groups is 3. The van der Waals surface area contributed by atoms with Crippen LogP contribution in [0.2, 0.25) is 0 Å². The molecular weight excluding hydrogens is 420 g/mol. The minimum Gasteiger partial charge on any atom is -0.322 e. The van der Waals surface area contributed by atoms with Gasteiger partial charge in [0, 0.05) is 49.4 Å². The molecule has 1 N–H and O–H groups in total. The smallest absolute Gasteiger partial charge is 0.255 e. The van der Waals surface area contributed by atoms with Gasteiger partial charge in [-0.05, 0) is 35.6 Å². The lowest BCUT2D eigenvalue weighted by atomic mass is 9.99. The number of fused-ring (bicyclic) bond motifs is 1. The maximum atomic E-state index is 13.0. The number of nitrogens with zero attached hydrogens (tertiary/aromatic N) is 5. The number of benzene rings is 1. The maximum Gasteiger partial charge on any atom is 0.255 e. The molecule has 0 saturated carbocycles. The molecule has 0 bridgehead atoms. The van der Waals surface area contributed by atoms with Gasteiger partial charge in [-0.3, -0.25) is 29.1 Å². The second kappa shape index (κ2) is 7.99. The zero-order chi connectivity index (χ0) is 23.3. The fourth-order valence-electron chi connectivity index (χ4n) is 4.69. The van der Waals surface area contributed by atoms with Gasteiger partial charge < -0.3 is 4.90 Å². The van der Waals surface area contributed by atoms with Gasteiger partial charge in [-0.15, -0.1) is 0 Å². The molecule has 0 unspecified atom stereocenters. The van der Waals surface area contributed by atoms with Crippen molar-refractivity contribution in [3.63, 3.8) is 0 Å². The number of carbonyl (C=O) groups excluding carboxylic acids is 3. The van der Waals surface area contributed by atoms with Crippen LogP contribution in [0.1, 0.15) is 42.6 Å². The van der Waals surface area contributed by atoms with Gasteiger partial charge in [-0.2, -0.15) is 10.2 Å². The largest absolute Gasteiger partial charge is 0.322 e. The first-order valence-corrected chi connectivity index (χ1v) is 11.1. The molecular formula is C24H26N6O3. The number of amides is 3. The lowest BCUT2D eigenvalue weighted by Crippen LogP contribution is -2.52. The minimum atomic E-state index is -0.619. The summed E-state index contributed by atoms with van der Waals surface area (Å²) < 4.78 is 3.77. The van der Waals surface area contributed by atoms with Crippen LogP contribution in [-0.4, -0.2) is 48.2 Å². The number of aromatic nitrogens is 4. The molecule has 1 atom stereocenters. The summed E-state index contributed by atoms with van der Waals surface area (Å²) in [4.78, 5) is 38.3. The quantitative estimate of drug-likeness (QED) is 0.606. The van der Waals surface area contributed by atoms with E-state index in [9.17, 15) is 14.4 Å². The summed E-state index contributed by atoms with van der Waals surface area (Å²) in [7, 11) is 1.90. The van der Waals surface area contributed by atoms with Crippen molar-refractivity contribution in [2.75, 3.05) is 0 Å². The predicted octanol–water partition coefficient (Wildman–Crippen LogP) is 2.37. The molecule has 0 spiro atoms. The Morgan fingerprint density at radius 1 is 1.09 bits per heavy atom. The first-order chi connectivity index (χ1) is 15.8. The molecule has 3 aromatic rings. The fourth-order valence-corrected chi connectivity index (χ4v) is 4.69. The molecule has 9 nitrogen and oxygen atoms in total. The average molecular weight is 447 g/mol. The van der Waals surface area contributed by atoms with Crippen LogP contribution in [0, 0.1) is 5.92 Å². The summed E-state index contributed by atoms with van der Waals surface area (Å²) >= 11 is 0. The third-order valence-corrected chi connectivity index (χ3v) is 6.23. The molecule has 2 aliphatic heterocycles. The predicted molar refractivity (Wildman–Crippen MR) is 121 cm³/mol. The van der Waals surface area contributed by atoms with E-state index in [2.05, 4.69) is 29.4 Å². The highest BCUT2D eigenvalue weighted by atomic mass is 16.2. The van der Waals surface area contributed by atoms with E-state index in [4.69, 9.17) is 0 Å². The van der Waals surface area contributed by atoms with Gasteiger partial charge in [0.2, 0.25) is 11.8 Å². The number of hydrogen-bond donors (Lipinski definition) is 1. The number of piperidine rings is 1. The summed E-state index contributed by atoms with van der Waals surface area (Å²) in [5.74, 6) is -0.373.